The highest BCUT2D eigenvalue weighted by Crippen LogP contribution is 2.26. The van der Waals surface area contributed by atoms with E-state index in [0.717, 1.165) is 35.6 Å². The number of rotatable bonds is 7. The van der Waals surface area contributed by atoms with Crippen LogP contribution in [0.2, 0.25) is 0 Å². The molecule has 2 aromatic heterocycles. The molecule has 4 N–H and O–H groups in total. The molecule has 0 aliphatic carbocycles. The van der Waals surface area contributed by atoms with Gasteiger partial charge < -0.3 is 20.7 Å². The maximum absolute atomic E-state index is 12.5. The first-order chi connectivity index (χ1) is 16.5. The van der Waals surface area contributed by atoms with Gasteiger partial charge in [0.25, 0.3) is 0 Å². The average Bonchev–Trinajstić information content (AvgIpc) is 3.54. The normalized spacial score (nSPS) is 13.7. The van der Waals surface area contributed by atoms with E-state index in [1.807, 2.05) is 36.5 Å². The van der Waals surface area contributed by atoms with Crippen LogP contribution in [0.15, 0.2) is 48.0 Å². The average molecular weight is 477 g/mol. The molecule has 1 unspecified atom stereocenters. The lowest BCUT2D eigenvalue weighted by atomic mass is 10.0. The monoisotopic (exact) mass is 476 g/mol. The molecule has 1 atom stereocenters. The number of benzene rings is 1. The molecule has 1 fully saturated rings. The number of nitrogens with one attached hydrogen (secondary N) is 2. The Balaban J connectivity index is 1.48. The van der Waals surface area contributed by atoms with Crippen molar-refractivity contribution < 1.29 is 14.3 Å². The highest BCUT2D eigenvalue weighted by molar-refractivity contribution is 7.10. The van der Waals surface area contributed by atoms with Gasteiger partial charge in [-0.15, -0.1) is 17.8 Å². The van der Waals surface area contributed by atoms with E-state index < -0.39 is 18.2 Å². The van der Waals surface area contributed by atoms with Gasteiger partial charge in [-0.1, -0.05) is 24.3 Å². The smallest absolute Gasteiger partial charge is 0.404 e. The zero-order valence-corrected chi connectivity index (χ0v) is 19.2. The molecular weight excluding hydrogens is 452 g/mol. The third-order valence-corrected chi connectivity index (χ3v) is 6.16. The number of nitrogens with two attached hydrogens (primary N) is 1. The number of primary amides is 1. The molecule has 9 nitrogen and oxygen atoms in total. The highest BCUT2D eigenvalue weighted by atomic mass is 32.1. The maximum Gasteiger partial charge on any atom is 0.404 e. The largest absolute Gasteiger partial charge is 0.447 e. The molecule has 1 saturated heterocycles. The minimum Gasteiger partial charge on any atom is -0.447 e. The number of terminal acetylenes is 1. The van der Waals surface area contributed by atoms with Crippen molar-refractivity contribution in [2.45, 2.75) is 18.9 Å². The summed E-state index contributed by atoms with van der Waals surface area (Å²) in [5, 5.41) is 7.51. The van der Waals surface area contributed by atoms with E-state index in [4.69, 9.17) is 16.9 Å². The summed E-state index contributed by atoms with van der Waals surface area (Å²) in [6, 6.07) is 10.6. The van der Waals surface area contributed by atoms with E-state index in [1.54, 1.807) is 5.38 Å². The summed E-state index contributed by atoms with van der Waals surface area (Å²) in [6.45, 7) is 1.92. The molecule has 1 aromatic carbocycles. The number of anilines is 2. The van der Waals surface area contributed by atoms with Gasteiger partial charge in [0.1, 0.15) is 18.2 Å². The van der Waals surface area contributed by atoms with Crippen molar-refractivity contribution in [1.82, 2.24) is 15.3 Å². The lowest BCUT2D eigenvalue weighted by Gasteiger charge is -2.19. The van der Waals surface area contributed by atoms with Gasteiger partial charge in [0.2, 0.25) is 0 Å². The van der Waals surface area contributed by atoms with Crippen LogP contribution in [0.5, 0.6) is 0 Å². The Bertz CT molecular complexity index is 1200. The van der Waals surface area contributed by atoms with Gasteiger partial charge in [-0.2, -0.15) is 0 Å². The van der Waals surface area contributed by atoms with E-state index >= 15 is 0 Å². The minimum atomic E-state index is -0.923. The van der Waals surface area contributed by atoms with Gasteiger partial charge in [0.05, 0.1) is 6.04 Å². The van der Waals surface area contributed by atoms with Crippen LogP contribution in [0.1, 0.15) is 29.5 Å². The van der Waals surface area contributed by atoms with Crippen molar-refractivity contribution in [2.75, 3.05) is 29.9 Å². The van der Waals surface area contributed by atoms with Crippen molar-refractivity contribution >= 4 is 35.1 Å². The predicted molar refractivity (Wildman–Crippen MR) is 132 cm³/mol. The molecule has 0 spiro atoms. The van der Waals surface area contributed by atoms with Gasteiger partial charge in [-0.3, -0.25) is 5.32 Å². The number of hydrogen-bond donors (Lipinski definition) is 3. The number of pyridine rings is 1. The molecule has 3 heterocycles. The second-order valence-electron chi connectivity index (χ2n) is 7.68. The SMILES string of the molecule is C#Cc1nc(NC(=O)NC(COC(N)=O)c2ccc(-c3ccnc(N4CCCC4)c3)cc2)cs1. The van der Waals surface area contributed by atoms with Crippen molar-refractivity contribution in [3.8, 4) is 23.5 Å². The first-order valence-corrected chi connectivity index (χ1v) is 11.6. The van der Waals surface area contributed by atoms with Crippen LogP contribution >= 0.6 is 11.3 Å². The summed E-state index contributed by atoms with van der Waals surface area (Å²) in [5.41, 5.74) is 7.93. The maximum atomic E-state index is 12.5. The fourth-order valence-electron chi connectivity index (χ4n) is 3.72. The van der Waals surface area contributed by atoms with Crippen LogP contribution in [-0.2, 0) is 4.74 Å². The lowest BCUT2D eigenvalue weighted by Crippen LogP contribution is -2.36. The molecule has 3 amide bonds. The Morgan fingerprint density at radius 3 is 2.65 bits per heavy atom. The second kappa shape index (κ2) is 10.7. The summed E-state index contributed by atoms with van der Waals surface area (Å²) in [6.07, 6.45) is 8.58. The zero-order chi connectivity index (χ0) is 23.9. The molecule has 174 valence electrons. The molecule has 0 radical (unpaired) electrons. The standard InChI is InChI=1S/C24H24N6O3S/c1-2-22-28-20(15-34-22)29-24(32)27-19(14-33-23(25)31)17-7-5-16(6-8-17)18-9-10-26-21(13-18)30-11-3-4-12-30/h1,5-10,13,15,19H,3-4,11-12,14H2,(H2,25,31)(H2,27,29,32). The fraction of sp³-hybridized carbons (Fsp3) is 0.250. The minimum absolute atomic E-state index is 0.122. The Labute approximate surface area is 201 Å². The molecule has 1 aliphatic heterocycles. The Morgan fingerprint density at radius 2 is 1.97 bits per heavy atom. The summed E-state index contributed by atoms with van der Waals surface area (Å²) >= 11 is 1.25. The molecule has 10 heteroatoms. The number of carbonyl (C=O) groups excluding carboxylic acids is 2. The molecule has 1 aliphatic rings. The molecule has 4 rings (SSSR count). The Hall–Kier alpha value is -4.10. The number of hydrogen-bond acceptors (Lipinski definition) is 7. The second-order valence-corrected chi connectivity index (χ2v) is 8.54. The van der Waals surface area contributed by atoms with Crippen LogP contribution in [0, 0.1) is 12.3 Å². The van der Waals surface area contributed by atoms with Gasteiger partial charge in [0.15, 0.2) is 5.01 Å². The molecule has 3 aromatic rings. The van der Waals surface area contributed by atoms with E-state index in [0.29, 0.717) is 10.8 Å². The van der Waals surface area contributed by atoms with Gasteiger partial charge in [-0.25, -0.2) is 19.6 Å². The molecule has 0 saturated carbocycles. The third-order valence-electron chi connectivity index (χ3n) is 5.39. The van der Waals surface area contributed by atoms with Crippen LogP contribution < -0.4 is 21.3 Å². The first-order valence-electron chi connectivity index (χ1n) is 10.7. The summed E-state index contributed by atoms with van der Waals surface area (Å²) < 4.78 is 4.96. The fourth-order valence-corrected chi connectivity index (χ4v) is 4.27. The summed E-state index contributed by atoms with van der Waals surface area (Å²) in [5.74, 6) is 3.73. The zero-order valence-electron chi connectivity index (χ0n) is 18.4. The van der Waals surface area contributed by atoms with E-state index in [-0.39, 0.29) is 6.61 Å². The number of thiazole rings is 1. The van der Waals surface area contributed by atoms with E-state index in [2.05, 4.69) is 37.5 Å². The molecule has 0 bridgehead atoms. The molecule has 34 heavy (non-hydrogen) atoms. The quantitative estimate of drug-likeness (QED) is 0.447. The lowest BCUT2D eigenvalue weighted by molar-refractivity contribution is 0.144. The predicted octanol–water partition coefficient (Wildman–Crippen LogP) is 3.74. The first kappa shape index (κ1) is 23.1. The number of aromatic nitrogens is 2. The third kappa shape index (κ3) is 5.82. The van der Waals surface area contributed by atoms with Crippen LogP contribution in [0.25, 0.3) is 11.1 Å². The van der Waals surface area contributed by atoms with Crippen LogP contribution in [0.4, 0.5) is 21.2 Å². The van der Waals surface area contributed by atoms with Crippen molar-refractivity contribution in [2.24, 2.45) is 5.73 Å². The van der Waals surface area contributed by atoms with Crippen molar-refractivity contribution in [3.05, 3.63) is 58.5 Å². The Kier molecular flexibility index (Phi) is 7.25. The number of urea groups is 1. The van der Waals surface area contributed by atoms with Crippen molar-refractivity contribution in [1.29, 1.82) is 0 Å². The summed E-state index contributed by atoms with van der Waals surface area (Å²) in [7, 11) is 0. The highest BCUT2D eigenvalue weighted by Gasteiger charge is 2.18. The number of ether oxygens (including phenoxy) is 1. The van der Waals surface area contributed by atoms with Crippen LogP contribution in [-0.4, -0.2) is 41.8 Å². The topological polar surface area (TPSA) is 122 Å². The van der Waals surface area contributed by atoms with E-state index in [9.17, 15) is 9.59 Å². The molecular formula is C24H24N6O3S. The number of nitrogens with zero attached hydrogens (tertiary/aromatic N) is 3. The van der Waals surface area contributed by atoms with E-state index in [1.165, 1.54) is 24.2 Å². The van der Waals surface area contributed by atoms with Crippen molar-refractivity contribution in [3.63, 3.8) is 0 Å². The number of carbonyl (C=O) groups is 2. The van der Waals surface area contributed by atoms with Crippen LogP contribution in [0.3, 0.4) is 0 Å². The van der Waals surface area contributed by atoms with Gasteiger partial charge >= 0.3 is 12.1 Å². The number of amides is 3. The Morgan fingerprint density at radius 1 is 1.21 bits per heavy atom. The summed E-state index contributed by atoms with van der Waals surface area (Å²) in [4.78, 5) is 34.5. The van der Waals surface area contributed by atoms with Gasteiger partial charge in [0, 0.05) is 24.7 Å². The van der Waals surface area contributed by atoms with Gasteiger partial charge in [-0.05, 0) is 47.6 Å².